The molecule has 0 radical (unpaired) electrons. The lowest BCUT2D eigenvalue weighted by Gasteiger charge is -2.27. The van der Waals surface area contributed by atoms with Gasteiger partial charge in [0, 0.05) is 16.5 Å². The van der Waals surface area contributed by atoms with Crippen molar-refractivity contribution in [1.29, 1.82) is 0 Å². The minimum absolute atomic E-state index is 0.196. The second-order valence-electron chi connectivity index (χ2n) is 6.95. The molecular weight excluding hydrogens is 406 g/mol. The molecule has 1 amide bonds. The van der Waals surface area contributed by atoms with E-state index in [-0.39, 0.29) is 6.54 Å². The molecule has 1 heterocycles. The summed E-state index contributed by atoms with van der Waals surface area (Å²) in [4.78, 5) is 36.7. The van der Waals surface area contributed by atoms with Gasteiger partial charge in [0.15, 0.2) is 6.29 Å². The smallest absolute Gasteiger partial charge is 0.411 e. The van der Waals surface area contributed by atoms with Crippen LogP contribution in [0.2, 0.25) is 0 Å². The van der Waals surface area contributed by atoms with Crippen molar-refractivity contribution in [2.75, 3.05) is 13.7 Å². The fourth-order valence-electron chi connectivity index (χ4n) is 2.63. The van der Waals surface area contributed by atoms with Crippen molar-refractivity contribution in [3.05, 3.63) is 28.2 Å². The summed E-state index contributed by atoms with van der Waals surface area (Å²) >= 11 is 3.30. The van der Waals surface area contributed by atoms with E-state index in [0.29, 0.717) is 22.2 Å². The van der Waals surface area contributed by atoms with Crippen LogP contribution in [0.3, 0.4) is 0 Å². The Labute approximate surface area is 160 Å². The molecule has 1 fully saturated rings. The number of benzene rings is 1. The Morgan fingerprint density at radius 3 is 2.54 bits per heavy atom. The Bertz CT molecular complexity index is 699. The third kappa shape index (κ3) is 4.97. The zero-order valence-electron chi connectivity index (χ0n) is 15.2. The number of aldehydes is 1. The molecule has 0 saturated carbocycles. The number of nitrogens with zero attached hydrogens (tertiary/aromatic N) is 1. The van der Waals surface area contributed by atoms with Gasteiger partial charge >= 0.3 is 12.1 Å². The molecule has 2 atom stereocenters. The molecule has 0 aliphatic carbocycles. The SMILES string of the molecule is COC(=O)[C@@H]1C[C@H](Oc2ccc(C=O)c(Br)c2)CN1C(=O)OC(C)(C)C. The minimum atomic E-state index is -0.766. The first-order valence-electron chi connectivity index (χ1n) is 8.13. The van der Waals surface area contributed by atoms with Gasteiger partial charge in [-0.3, -0.25) is 9.69 Å². The normalized spacial score (nSPS) is 19.8. The summed E-state index contributed by atoms with van der Waals surface area (Å²) in [6, 6.07) is 4.20. The molecule has 1 saturated heterocycles. The summed E-state index contributed by atoms with van der Waals surface area (Å²) < 4.78 is 16.7. The van der Waals surface area contributed by atoms with Crippen molar-refractivity contribution in [1.82, 2.24) is 4.90 Å². The third-order valence-electron chi connectivity index (χ3n) is 3.77. The van der Waals surface area contributed by atoms with Crippen molar-refractivity contribution >= 4 is 34.3 Å². The molecule has 1 aromatic carbocycles. The van der Waals surface area contributed by atoms with E-state index in [9.17, 15) is 14.4 Å². The number of hydrogen-bond acceptors (Lipinski definition) is 6. The number of carbonyl (C=O) groups excluding carboxylic acids is 3. The summed E-state index contributed by atoms with van der Waals surface area (Å²) in [5.74, 6) is 0.0153. The molecule has 0 bridgehead atoms. The second-order valence-corrected chi connectivity index (χ2v) is 7.80. The number of rotatable bonds is 4. The average Bonchev–Trinajstić information content (AvgIpc) is 2.97. The first-order valence-corrected chi connectivity index (χ1v) is 8.92. The van der Waals surface area contributed by atoms with Gasteiger partial charge in [0.2, 0.25) is 0 Å². The summed E-state index contributed by atoms with van der Waals surface area (Å²) in [6.07, 6.45) is 0.0389. The van der Waals surface area contributed by atoms with Crippen LogP contribution in [0.25, 0.3) is 0 Å². The van der Waals surface area contributed by atoms with E-state index in [0.717, 1.165) is 6.29 Å². The monoisotopic (exact) mass is 427 g/mol. The number of esters is 1. The van der Waals surface area contributed by atoms with Crippen LogP contribution in [0.4, 0.5) is 4.79 Å². The molecule has 0 aromatic heterocycles. The van der Waals surface area contributed by atoms with Crippen LogP contribution in [0.15, 0.2) is 22.7 Å². The molecular formula is C18H22BrNO6. The number of halogens is 1. The van der Waals surface area contributed by atoms with Crippen LogP contribution >= 0.6 is 15.9 Å². The maximum absolute atomic E-state index is 12.4. The lowest BCUT2D eigenvalue weighted by molar-refractivity contribution is -0.145. The van der Waals surface area contributed by atoms with E-state index in [1.165, 1.54) is 12.0 Å². The van der Waals surface area contributed by atoms with Gasteiger partial charge in [-0.25, -0.2) is 9.59 Å². The second kappa shape index (κ2) is 8.07. The van der Waals surface area contributed by atoms with E-state index in [4.69, 9.17) is 14.2 Å². The fourth-order valence-corrected chi connectivity index (χ4v) is 3.09. The van der Waals surface area contributed by atoms with Crippen molar-refractivity contribution in [2.24, 2.45) is 0 Å². The van der Waals surface area contributed by atoms with Crippen LogP contribution < -0.4 is 4.74 Å². The van der Waals surface area contributed by atoms with E-state index < -0.39 is 29.8 Å². The van der Waals surface area contributed by atoms with E-state index in [2.05, 4.69) is 15.9 Å². The highest BCUT2D eigenvalue weighted by Crippen LogP contribution is 2.28. The predicted molar refractivity (Wildman–Crippen MR) is 97.3 cm³/mol. The molecule has 142 valence electrons. The molecule has 1 aliphatic rings. The molecule has 2 rings (SSSR count). The highest BCUT2D eigenvalue weighted by atomic mass is 79.9. The molecule has 0 unspecified atom stereocenters. The summed E-state index contributed by atoms with van der Waals surface area (Å²) in [6.45, 7) is 5.47. The van der Waals surface area contributed by atoms with Crippen molar-refractivity contribution in [3.63, 3.8) is 0 Å². The lowest BCUT2D eigenvalue weighted by Crippen LogP contribution is -2.44. The maximum atomic E-state index is 12.4. The maximum Gasteiger partial charge on any atom is 0.411 e. The van der Waals surface area contributed by atoms with E-state index >= 15 is 0 Å². The van der Waals surface area contributed by atoms with Gasteiger partial charge in [-0.15, -0.1) is 0 Å². The highest BCUT2D eigenvalue weighted by molar-refractivity contribution is 9.10. The van der Waals surface area contributed by atoms with Crippen LogP contribution in [0, 0.1) is 0 Å². The highest BCUT2D eigenvalue weighted by Gasteiger charge is 2.43. The van der Waals surface area contributed by atoms with Crippen molar-refractivity contribution in [2.45, 2.75) is 44.9 Å². The number of ether oxygens (including phenoxy) is 3. The Morgan fingerprint density at radius 1 is 1.31 bits per heavy atom. The molecule has 7 nitrogen and oxygen atoms in total. The summed E-state index contributed by atoms with van der Waals surface area (Å²) in [5.41, 5.74) is -0.168. The third-order valence-corrected chi connectivity index (χ3v) is 4.45. The van der Waals surface area contributed by atoms with Crippen LogP contribution in [-0.2, 0) is 14.3 Å². The van der Waals surface area contributed by atoms with E-state index in [1.807, 2.05) is 0 Å². The largest absolute Gasteiger partial charge is 0.488 e. The van der Waals surface area contributed by atoms with Crippen molar-refractivity contribution < 1.29 is 28.6 Å². The summed E-state index contributed by atoms with van der Waals surface area (Å²) in [7, 11) is 1.28. The first kappa shape index (κ1) is 20.2. The van der Waals surface area contributed by atoms with Crippen molar-refractivity contribution in [3.8, 4) is 5.75 Å². The number of hydrogen-bond donors (Lipinski definition) is 0. The Kier molecular flexibility index (Phi) is 6.28. The van der Waals surface area contributed by atoms with Gasteiger partial charge in [-0.2, -0.15) is 0 Å². The predicted octanol–water partition coefficient (Wildman–Crippen LogP) is 3.19. The number of likely N-dealkylation sites (tertiary alicyclic amines) is 1. The van der Waals surface area contributed by atoms with Crippen LogP contribution in [0.1, 0.15) is 37.6 Å². The molecule has 1 aromatic rings. The number of methoxy groups -OCH3 is 1. The molecule has 1 aliphatic heterocycles. The van der Waals surface area contributed by atoms with Gasteiger partial charge in [-0.05, 0) is 54.9 Å². The molecule has 0 N–H and O–H groups in total. The van der Waals surface area contributed by atoms with Gasteiger partial charge in [0.05, 0.1) is 13.7 Å². The van der Waals surface area contributed by atoms with Crippen LogP contribution in [-0.4, -0.2) is 54.7 Å². The van der Waals surface area contributed by atoms with Gasteiger partial charge in [0.1, 0.15) is 23.5 Å². The Morgan fingerprint density at radius 2 is 2.00 bits per heavy atom. The summed E-state index contributed by atoms with van der Waals surface area (Å²) in [5, 5.41) is 0. The zero-order chi connectivity index (χ0) is 19.5. The molecule has 0 spiro atoms. The zero-order valence-corrected chi connectivity index (χ0v) is 16.7. The first-order chi connectivity index (χ1) is 12.1. The van der Waals surface area contributed by atoms with Gasteiger partial charge in [-0.1, -0.05) is 0 Å². The molecule has 26 heavy (non-hydrogen) atoms. The van der Waals surface area contributed by atoms with Gasteiger partial charge < -0.3 is 14.2 Å². The topological polar surface area (TPSA) is 82.1 Å². The number of amides is 1. The van der Waals surface area contributed by atoms with Gasteiger partial charge in [0.25, 0.3) is 0 Å². The number of carbonyl (C=O) groups is 3. The minimum Gasteiger partial charge on any atom is -0.488 e. The lowest BCUT2D eigenvalue weighted by atomic mass is 10.2. The quantitative estimate of drug-likeness (QED) is 0.541. The fraction of sp³-hybridized carbons (Fsp3) is 0.500. The van der Waals surface area contributed by atoms with E-state index in [1.54, 1.807) is 39.0 Å². The standard InChI is InChI=1S/C18H22BrNO6/c1-18(2,3)26-17(23)20-9-13(8-15(20)16(22)24-4)25-12-6-5-11(10-21)14(19)7-12/h5-7,10,13,15H,8-9H2,1-4H3/t13-,15-/m0/s1. The average molecular weight is 428 g/mol. The Balaban J connectivity index is 2.14. The Hall–Kier alpha value is -2.09. The van der Waals surface area contributed by atoms with Crippen LogP contribution in [0.5, 0.6) is 5.75 Å². The molecule has 8 heteroatoms.